The van der Waals surface area contributed by atoms with Gasteiger partial charge in [-0.15, -0.1) is 0 Å². The molecule has 1 saturated heterocycles. The summed E-state index contributed by atoms with van der Waals surface area (Å²) in [5.74, 6) is 1.30. The summed E-state index contributed by atoms with van der Waals surface area (Å²) in [6.45, 7) is 6.75. The van der Waals surface area contributed by atoms with Crippen molar-refractivity contribution in [3.8, 4) is 0 Å². The number of nitrogens with zero attached hydrogens (tertiary/aromatic N) is 3. The molecular weight excluding hydrogens is 254 g/mol. The number of rotatable bonds is 1. The van der Waals surface area contributed by atoms with Gasteiger partial charge in [-0.2, -0.15) is 0 Å². The maximum Gasteiger partial charge on any atom is 0.137 e. The molecule has 2 rings (SSSR count). The molecule has 0 radical (unpaired) electrons. The van der Waals surface area contributed by atoms with E-state index in [9.17, 15) is 10.2 Å². The molecule has 2 unspecified atom stereocenters. The zero-order valence-corrected chi connectivity index (χ0v) is 11.5. The van der Waals surface area contributed by atoms with Gasteiger partial charge in [0.25, 0.3) is 0 Å². The van der Waals surface area contributed by atoms with Gasteiger partial charge >= 0.3 is 0 Å². The molecule has 2 atom stereocenters. The van der Waals surface area contributed by atoms with Crippen molar-refractivity contribution >= 4 is 17.4 Å². The Hall–Kier alpha value is -0.910. The quantitative estimate of drug-likeness (QED) is 0.745. The summed E-state index contributed by atoms with van der Waals surface area (Å²) in [5.41, 5.74) is -0.198. The van der Waals surface area contributed by atoms with Crippen LogP contribution in [0.4, 0.5) is 5.82 Å². The summed E-state index contributed by atoms with van der Waals surface area (Å²) in [7, 11) is 0. The van der Waals surface area contributed by atoms with Crippen LogP contribution in [0.25, 0.3) is 0 Å². The van der Waals surface area contributed by atoms with Crippen molar-refractivity contribution in [2.24, 2.45) is 0 Å². The fraction of sp³-hybridized carbons (Fsp3) is 0.667. The Kier molecular flexibility index (Phi) is 3.49. The predicted molar refractivity (Wildman–Crippen MR) is 70.0 cm³/mol. The highest BCUT2D eigenvalue weighted by Gasteiger charge is 2.31. The lowest BCUT2D eigenvalue weighted by atomic mass is 9.96. The van der Waals surface area contributed by atoms with Crippen LogP contribution in [0.5, 0.6) is 0 Å². The smallest absolute Gasteiger partial charge is 0.137 e. The van der Waals surface area contributed by atoms with Crippen molar-refractivity contribution in [3.05, 3.63) is 17.0 Å². The molecule has 6 heteroatoms. The van der Waals surface area contributed by atoms with Crippen LogP contribution in [-0.4, -0.2) is 45.5 Å². The molecule has 1 fully saturated rings. The number of anilines is 1. The van der Waals surface area contributed by atoms with Gasteiger partial charge in [0.05, 0.1) is 12.2 Å². The highest BCUT2D eigenvalue weighted by Crippen LogP contribution is 2.26. The van der Waals surface area contributed by atoms with Crippen molar-refractivity contribution in [2.45, 2.75) is 38.4 Å². The Morgan fingerprint density at radius 2 is 1.78 bits per heavy atom. The Bertz CT molecular complexity index is 437. The van der Waals surface area contributed by atoms with Crippen LogP contribution in [0.2, 0.25) is 5.15 Å². The van der Waals surface area contributed by atoms with Gasteiger partial charge in [-0.25, -0.2) is 9.97 Å². The average Bonchev–Trinajstić information content (AvgIpc) is 2.57. The minimum atomic E-state index is -0.739. The lowest BCUT2D eigenvalue weighted by Crippen LogP contribution is -2.25. The van der Waals surface area contributed by atoms with Gasteiger partial charge in [0.1, 0.15) is 16.8 Å². The normalized spacial score (nSPS) is 24.7. The number of aliphatic hydroxyl groups is 2. The molecule has 1 aliphatic rings. The molecule has 0 amide bonds. The Labute approximate surface area is 111 Å². The highest BCUT2D eigenvalue weighted by molar-refractivity contribution is 6.29. The molecule has 2 N–H and O–H groups in total. The summed E-state index contributed by atoms with van der Waals surface area (Å²) < 4.78 is 0. The van der Waals surface area contributed by atoms with Crippen LogP contribution in [-0.2, 0) is 5.41 Å². The molecular formula is C12H18ClN3O2. The van der Waals surface area contributed by atoms with Crippen molar-refractivity contribution in [1.82, 2.24) is 9.97 Å². The first-order valence-corrected chi connectivity index (χ1v) is 6.31. The van der Waals surface area contributed by atoms with Crippen LogP contribution in [0.15, 0.2) is 6.07 Å². The maximum absolute atomic E-state index is 9.56. The number of hydrogen-bond donors (Lipinski definition) is 2. The summed E-state index contributed by atoms with van der Waals surface area (Å²) >= 11 is 6.00. The molecule has 1 aliphatic heterocycles. The van der Waals surface area contributed by atoms with Crippen LogP contribution >= 0.6 is 11.6 Å². The molecule has 100 valence electrons. The van der Waals surface area contributed by atoms with E-state index in [0.29, 0.717) is 29.9 Å². The van der Waals surface area contributed by atoms with Crippen LogP contribution in [0.1, 0.15) is 26.6 Å². The van der Waals surface area contributed by atoms with Crippen LogP contribution < -0.4 is 4.90 Å². The van der Waals surface area contributed by atoms with Crippen LogP contribution in [0, 0.1) is 0 Å². The Morgan fingerprint density at radius 1 is 1.22 bits per heavy atom. The van der Waals surface area contributed by atoms with E-state index in [-0.39, 0.29) is 5.41 Å². The predicted octanol–water partition coefficient (Wildman–Crippen LogP) is 0.969. The second kappa shape index (κ2) is 4.64. The fourth-order valence-electron chi connectivity index (χ4n) is 1.86. The molecule has 0 aromatic carbocycles. The van der Waals surface area contributed by atoms with Gasteiger partial charge in [0.2, 0.25) is 0 Å². The second-order valence-electron chi connectivity index (χ2n) is 5.66. The molecule has 18 heavy (non-hydrogen) atoms. The molecule has 0 spiro atoms. The third-order valence-electron chi connectivity index (χ3n) is 2.94. The number of β-amino-alcohol motifs (C(OH)–C–C–N with tert-alkyl or cyclic N) is 2. The first kappa shape index (κ1) is 13.5. The van der Waals surface area contributed by atoms with Gasteiger partial charge in [0, 0.05) is 24.6 Å². The van der Waals surface area contributed by atoms with Crippen molar-refractivity contribution in [1.29, 1.82) is 0 Å². The van der Waals surface area contributed by atoms with E-state index >= 15 is 0 Å². The largest absolute Gasteiger partial charge is 0.389 e. The zero-order chi connectivity index (χ0) is 13.5. The lowest BCUT2D eigenvalue weighted by Gasteiger charge is -2.21. The monoisotopic (exact) mass is 271 g/mol. The number of aliphatic hydroxyl groups excluding tert-OH is 2. The van der Waals surface area contributed by atoms with Gasteiger partial charge in [-0.3, -0.25) is 0 Å². The third-order valence-corrected chi connectivity index (χ3v) is 3.13. The van der Waals surface area contributed by atoms with E-state index in [1.807, 2.05) is 25.7 Å². The Balaban J connectivity index is 2.32. The molecule has 5 nitrogen and oxygen atoms in total. The first-order valence-electron chi connectivity index (χ1n) is 5.93. The van der Waals surface area contributed by atoms with E-state index in [1.165, 1.54) is 0 Å². The van der Waals surface area contributed by atoms with Crippen molar-refractivity contribution in [2.75, 3.05) is 18.0 Å². The SMILES string of the molecule is CC(C)(C)c1nc(Cl)cc(N2CC(O)C(O)C2)n1. The van der Waals surface area contributed by atoms with E-state index < -0.39 is 12.2 Å². The van der Waals surface area contributed by atoms with E-state index in [4.69, 9.17) is 11.6 Å². The number of aromatic nitrogens is 2. The van der Waals surface area contributed by atoms with Crippen molar-refractivity contribution < 1.29 is 10.2 Å². The standard InChI is InChI=1S/C12H18ClN3O2/c1-12(2,3)11-14-9(13)4-10(15-11)16-5-7(17)8(18)6-16/h4,7-8,17-18H,5-6H2,1-3H3. The van der Waals surface area contributed by atoms with E-state index in [0.717, 1.165) is 0 Å². The highest BCUT2D eigenvalue weighted by atomic mass is 35.5. The van der Waals surface area contributed by atoms with Gasteiger partial charge in [-0.05, 0) is 0 Å². The summed E-state index contributed by atoms with van der Waals surface area (Å²) in [6.07, 6.45) is -1.48. The van der Waals surface area contributed by atoms with Crippen LogP contribution in [0.3, 0.4) is 0 Å². The second-order valence-corrected chi connectivity index (χ2v) is 6.05. The summed E-state index contributed by atoms with van der Waals surface area (Å²) in [4.78, 5) is 10.5. The fourth-order valence-corrected chi connectivity index (χ4v) is 2.04. The minimum Gasteiger partial charge on any atom is -0.389 e. The third kappa shape index (κ3) is 2.74. The van der Waals surface area contributed by atoms with E-state index in [1.54, 1.807) is 6.07 Å². The maximum atomic E-state index is 9.56. The van der Waals surface area contributed by atoms with E-state index in [2.05, 4.69) is 9.97 Å². The molecule has 0 aliphatic carbocycles. The van der Waals surface area contributed by atoms with Crippen molar-refractivity contribution in [3.63, 3.8) is 0 Å². The average molecular weight is 272 g/mol. The lowest BCUT2D eigenvalue weighted by molar-refractivity contribution is 0.0572. The van der Waals surface area contributed by atoms with Gasteiger partial charge < -0.3 is 15.1 Å². The van der Waals surface area contributed by atoms with Gasteiger partial charge in [-0.1, -0.05) is 32.4 Å². The number of halogens is 1. The molecule has 0 saturated carbocycles. The molecule has 2 heterocycles. The summed E-state index contributed by atoms with van der Waals surface area (Å²) in [6, 6.07) is 1.65. The topological polar surface area (TPSA) is 69.5 Å². The first-order chi connectivity index (χ1) is 8.27. The molecule has 1 aromatic heterocycles. The zero-order valence-electron chi connectivity index (χ0n) is 10.8. The van der Waals surface area contributed by atoms with Gasteiger partial charge in [0.15, 0.2) is 0 Å². The minimum absolute atomic E-state index is 0.198. The molecule has 0 bridgehead atoms. The Morgan fingerprint density at radius 3 is 2.28 bits per heavy atom. The molecule has 1 aromatic rings. The summed E-state index contributed by atoms with van der Waals surface area (Å²) in [5, 5.41) is 19.5. The number of hydrogen-bond acceptors (Lipinski definition) is 5.